The highest BCUT2D eigenvalue weighted by atomic mass is 32.2. The number of thioether (sulfide) groups is 1. The molecule has 1 aromatic heterocycles. The molecule has 2 heterocycles. The van der Waals surface area contributed by atoms with Crippen molar-refractivity contribution in [2.45, 2.75) is 31.1 Å². The molecule has 2 N–H and O–H groups in total. The van der Waals surface area contributed by atoms with Gasteiger partial charge in [-0.05, 0) is 37.7 Å². The van der Waals surface area contributed by atoms with Crippen molar-refractivity contribution >= 4 is 28.7 Å². The second-order valence-corrected chi connectivity index (χ2v) is 6.87. The molecule has 1 aliphatic heterocycles. The number of rotatable bonds is 2. The Morgan fingerprint density at radius 1 is 1.47 bits per heavy atom. The molecule has 102 valence electrons. The third-order valence-corrected chi connectivity index (χ3v) is 5.15. The van der Waals surface area contributed by atoms with E-state index in [4.69, 9.17) is 5.73 Å². The van der Waals surface area contributed by atoms with Crippen molar-refractivity contribution < 1.29 is 8.78 Å². The van der Waals surface area contributed by atoms with E-state index in [-0.39, 0.29) is 16.2 Å². The van der Waals surface area contributed by atoms with E-state index < -0.39 is 11.6 Å². The summed E-state index contributed by atoms with van der Waals surface area (Å²) in [4.78, 5) is 4.11. The highest BCUT2D eigenvalue weighted by molar-refractivity contribution is 8.00. The molecular weight excluding hydrogens is 268 g/mol. The van der Waals surface area contributed by atoms with Gasteiger partial charge in [-0.3, -0.25) is 0 Å². The lowest BCUT2D eigenvalue weighted by Gasteiger charge is -2.24. The predicted molar refractivity (Wildman–Crippen MR) is 74.2 cm³/mol. The first-order valence-electron chi connectivity index (χ1n) is 6.24. The summed E-state index contributed by atoms with van der Waals surface area (Å²) in [6.07, 6.45) is 2.19. The summed E-state index contributed by atoms with van der Waals surface area (Å²) in [5, 5.41) is 0. The van der Waals surface area contributed by atoms with Crippen LogP contribution >= 0.6 is 11.8 Å². The lowest BCUT2D eigenvalue weighted by atomic mass is 10.1. The first-order valence-corrected chi connectivity index (χ1v) is 7.22. The topological polar surface area (TPSA) is 43.8 Å². The van der Waals surface area contributed by atoms with Crippen LogP contribution in [0.1, 0.15) is 19.8 Å². The number of fused-ring (bicyclic) bond motifs is 1. The van der Waals surface area contributed by atoms with Gasteiger partial charge in [0.05, 0.1) is 5.52 Å². The first kappa shape index (κ1) is 12.7. The van der Waals surface area contributed by atoms with Gasteiger partial charge < -0.3 is 10.3 Å². The van der Waals surface area contributed by atoms with Crippen LogP contribution in [0.2, 0.25) is 0 Å². The monoisotopic (exact) mass is 283 g/mol. The van der Waals surface area contributed by atoms with Gasteiger partial charge in [-0.1, -0.05) is 0 Å². The average Bonchev–Trinajstić information content (AvgIpc) is 2.91. The molecule has 0 spiro atoms. The van der Waals surface area contributed by atoms with Crippen molar-refractivity contribution in [3.63, 3.8) is 0 Å². The number of aromatic nitrogens is 2. The lowest BCUT2D eigenvalue weighted by Crippen LogP contribution is -2.24. The van der Waals surface area contributed by atoms with Gasteiger partial charge in [-0.25, -0.2) is 13.8 Å². The maximum absolute atomic E-state index is 14.0. The Morgan fingerprint density at radius 3 is 2.95 bits per heavy atom. The molecule has 0 aliphatic carbocycles. The SMILES string of the molecule is CC1(Cn2c(N)nc3ccc(F)c(F)c32)CCCS1. The summed E-state index contributed by atoms with van der Waals surface area (Å²) in [6.45, 7) is 2.69. The predicted octanol–water partition coefficient (Wildman–Crippen LogP) is 3.18. The van der Waals surface area contributed by atoms with Gasteiger partial charge >= 0.3 is 0 Å². The molecule has 0 saturated carbocycles. The van der Waals surface area contributed by atoms with Crippen LogP contribution < -0.4 is 5.73 Å². The molecule has 1 aliphatic rings. The van der Waals surface area contributed by atoms with E-state index in [1.807, 2.05) is 11.8 Å². The van der Waals surface area contributed by atoms with Crippen molar-refractivity contribution in [2.24, 2.45) is 0 Å². The fraction of sp³-hybridized carbons (Fsp3) is 0.462. The molecule has 0 amide bonds. The second kappa shape index (κ2) is 4.37. The van der Waals surface area contributed by atoms with Crippen LogP contribution in [-0.4, -0.2) is 20.1 Å². The van der Waals surface area contributed by atoms with Gasteiger partial charge in [0.1, 0.15) is 5.52 Å². The first-order chi connectivity index (χ1) is 9.00. The fourth-order valence-electron chi connectivity index (χ4n) is 2.63. The number of imidazole rings is 1. The Morgan fingerprint density at radius 2 is 2.26 bits per heavy atom. The smallest absolute Gasteiger partial charge is 0.201 e. The highest BCUT2D eigenvalue weighted by Gasteiger charge is 2.31. The van der Waals surface area contributed by atoms with E-state index >= 15 is 0 Å². The van der Waals surface area contributed by atoms with Crippen molar-refractivity contribution in [1.82, 2.24) is 9.55 Å². The molecule has 1 fully saturated rings. The molecule has 1 atom stereocenters. The molecule has 6 heteroatoms. The Bertz CT molecular complexity index is 632. The molecule has 1 aromatic carbocycles. The van der Waals surface area contributed by atoms with Crippen LogP contribution in [0.25, 0.3) is 11.0 Å². The number of nitrogens with two attached hydrogens (primary N) is 1. The summed E-state index contributed by atoms with van der Waals surface area (Å²) in [5.74, 6) is -0.390. The zero-order valence-electron chi connectivity index (χ0n) is 10.6. The minimum absolute atomic E-state index is 0.0144. The summed E-state index contributed by atoms with van der Waals surface area (Å²) in [7, 11) is 0. The zero-order chi connectivity index (χ0) is 13.6. The van der Waals surface area contributed by atoms with Crippen molar-refractivity contribution in [2.75, 3.05) is 11.5 Å². The third kappa shape index (κ3) is 2.08. The minimum Gasteiger partial charge on any atom is -0.369 e. The molecule has 3 rings (SSSR count). The number of hydrogen-bond acceptors (Lipinski definition) is 3. The zero-order valence-corrected chi connectivity index (χ0v) is 11.4. The molecule has 3 nitrogen and oxygen atoms in total. The van der Waals surface area contributed by atoms with Crippen LogP contribution in [0, 0.1) is 11.6 Å². The number of hydrogen-bond donors (Lipinski definition) is 1. The van der Waals surface area contributed by atoms with Gasteiger partial charge in [0.2, 0.25) is 5.95 Å². The van der Waals surface area contributed by atoms with Gasteiger partial charge in [0.15, 0.2) is 11.6 Å². The number of nitrogens with zero attached hydrogens (tertiary/aromatic N) is 2. The molecule has 2 aromatic rings. The summed E-state index contributed by atoms with van der Waals surface area (Å²) < 4.78 is 29.0. The van der Waals surface area contributed by atoms with Crippen LogP contribution in [0.15, 0.2) is 12.1 Å². The number of benzene rings is 1. The van der Waals surface area contributed by atoms with Gasteiger partial charge in [-0.15, -0.1) is 0 Å². The summed E-state index contributed by atoms with van der Waals surface area (Å²) >= 11 is 1.85. The van der Waals surface area contributed by atoms with Crippen molar-refractivity contribution in [3.8, 4) is 0 Å². The van der Waals surface area contributed by atoms with Gasteiger partial charge in [0, 0.05) is 11.3 Å². The fourth-order valence-corrected chi connectivity index (χ4v) is 3.92. The van der Waals surface area contributed by atoms with Gasteiger partial charge in [-0.2, -0.15) is 11.8 Å². The average molecular weight is 283 g/mol. The quantitative estimate of drug-likeness (QED) is 0.920. The summed E-state index contributed by atoms with van der Waals surface area (Å²) in [5.41, 5.74) is 6.44. The normalized spacial score (nSPS) is 23.3. The van der Waals surface area contributed by atoms with E-state index in [2.05, 4.69) is 11.9 Å². The van der Waals surface area contributed by atoms with Crippen molar-refractivity contribution in [3.05, 3.63) is 23.8 Å². The van der Waals surface area contributed by atoms with Crippen molar-refractivity contribution in [1.29, 1.82) is 0 Å². The Labute approximate surface area is 114 Å². The van der Waals surface area contributed by atoms with E-state index in [0.29, 0.717) is 12.1 Å². The van der Waals surface area contributed by atoms with E-state index in [1.54, 1.807) is 4.57 Å². The Hall–Kier alpha value is -1.30. The van der Waals surface area contributed by atoms with E-state index in [9.17, 15) is 8.78 Å². The molecule has 1 unspecified atom stereocenters. The largest absolute Gasteiger partial charge is 0.369 e. The van der Waals surface area contributed by atoms with Crippen LogP contribution in [0.3, 0.4) is 0 Å². The van der Waals surface area contributed by atoms with Gasteiger partial charge in [0.25, 0.3) is 0 Å². The molecule has 19 heavy (non-hydrogen) atoms. The maximum atomic E-state index is 14.0. The molecular formula is C13H15F2N3S. The number of halogens is 2. The van der Waals surface area contributed by atoms with Crippen LogP contribution in [0.5, 0.6) is 0 Å². The van der Waals surface area contributed by atoms with E-state index in [1.165, 1.54) is 6.07 Å². The maximum Gasteiger partial charge on any atom is 0.201 e. The Balaban J connectivity index is 2.12. The second-order valence-electron chi connectivity index (χ2n) is 5.19. The van der Waals surface area contributed by atoms with E-state index in [0.717, 1.165) is 24.7 Å². The Kier molecular flexibility index (Phi) is 2.92. The molecule has 1 saturated heterocycles. The van der Waals surface area contributed by atoms with Crippen LogP contribution in [0.4, 0.5) is 14.7 Å². The minimum atomic E-state index is -0.867. The number of nitrogen functional groups attached to an aromatic ring is 1. The highest BCUT2D eigenvalue weighted by Crippen LogP contribution is 2.40. The third-order valence-electron chi connectivity index (χ3n) is 3.62. The summed E-state index contributed by atoms with van der Waals surface area (Å²) in [6, 6.07) is 2.55. The number of anilines is 1. The molecule has 0 bridgehead atoms. The van der Waals surface area contributed by atoms with Crippen LogP contribution in [-0.2, 0) is 6.54 Å². The standard InChI is InChI=1S/C13H15F2N3S/c1-13(5-2-6-19-13)7-18-11-9(17-12(18)16)4-3-8(14)10(11)15/h3-4H,2,5-7H2,1H3,(H2,16,17). The molecule has 0 radical (unpaired) electrons. The lowest BCUT2D eigenvalue weighted by molar-refractivity contribution is 0.495.